The van der Waals surface area contributed by atoms with E-state index >= 15 is 0 Å². The minimum atomic E-state index is 0.00989. The van der Waals surface area contributed by atoms with Crippen LogP contribution >= 0.6 is 11.6 Å². The van der Waals surface area contributed by atoms with Crippen molar-refractivity contribution in [2.75, 3.05) is 11.9 Å². The van der Waals surface area contributed by atoms with E-state index in [9.17, 15) is 4.79 Å². The molecular weight excluding hydrogens is 312 g/mol. The quantitative estimate of drug-likeness (QED) is 0.757. The predicted octanol–water partition coefficient (Wildman–Crippen LogP) is 2.89. The summed E-state index contributed by atoms with van der Waals surface area (Å²) in [4.78, 5) is 19.6. The lowest BCUT2D eigenvalue weighted by Gasteiger charge is -2.41. The van der Waals surface area contributed by atoms with Gasteiger partial charge >= 0.3 is 0 Å². The molecule has 1 amide bonds. The number of H-pyrrole nitrogens is 1. The van der Waals surface area contributed by atoms with Crippen molar-refractivity contribution in [2.24, 2.45) is 11.8 Å². The van der Waals surface area contributed by atoms with Crippen molar-refractivity contribution in [2.45, 2.75) is 37.1 Å². The Labute approximate surface area is 140 Å². The number of amides is 1. The number of aromatic amines is 1. The minimum Gasteiger partial charge on any atom is -0.384 e. The number of fused-ring (bicyclic) bond motifs is 2. The molecule has 122 valence electrons. The molecule has 4 rings (SSSR count). The molecule has 5 nitrogen and oxygen atoms in total. The van der Waals surface area contributed by atoms with Crippen LogP contribution in [0.5, 0.6) is 0 Å². The number of rotatable bonds is 3. The van der Waals surface area contributed by atoms with Gasteiger partial charge in [-0.3, -0.25) is 4.79 Å². The van der Waals surface area contributed by atoms with E-state index in [-0.39, 0.29) is 17.2 Å². The Morgan fingerprint density at radius 2 is 2.22 bits per heavy atom. The molecule has 2 heterocycles. The average molecular weight is 333 g/mol. The number of carbonyl (C=O) groups is 1. The fraction of sp³-hybridized carbons (Fsp3) is 0.529. The second-order valence-electron chi connectivity index (χ2n) is 6.73. The van der Waals surface area contributed by atoms with Gasteiger partial charge in [0.1, 0.15) is 0 Å². The number of halogens is 1. The van der Waals surface area contributed by atoms with Crippen molar-refractivity contribution < 1.29 is 4.79 Å². The summed E-state index contributed by atoms with van der Waals surface area (Å²) in [5.74, 6) is 0.705. The highest BCUT2D eigenvalue weighted by atomic mass is 35.5. The summed E-state index contributed by atoms with van der Waals surface area (Å²) >= 11 is 6.30. The number of nitrogens with zero attached hydrogens (tertiary/aromatic N) is 1. The van der Waals surface area contributed by atoms with Gasteiger partial charge in [0, 0.05) is 23.7 Å². The van der Waals surface area contributed by atoms with Gasteiger partial charge in [-0.2, -0.15) is 0 Å². The van der Waals surface area contributed by atoms with Crippen LogP contribution < -0.4 is 10.6 Å². The van der Waals surface area contributed by atoms with Gasteiger partial charge in [-0.15, -0.1) is 11.6 Å². The van der Waals surface area contributed by atoms with Crippen molar-refractivity contribution in [1.29, 1.82) is 0 Å². The molecule has 6 heteroatoms. The van der Waals surface area contributed by atoms with Crippen LogP contribution in [-0.2, 0) is 4.79 Å². The summed E-state index contributed by atoms with van der Waals surface area (Å²) < 4.78 is 0. The van der Waals surface area contributed by atoms with E-state index in [2.05, 4.69) is 20.6 Å². The lowest BCUT2D eigenvalue weighted by Crippen LogP contribution is -2.53. The Balaban J connectivity index is 1.40. The van der Waals surface area contributed by atoms with E-state index in [1.807, 2.05) is 18.2 Å². The van der Waals surface area contributed by atoms with Crippen molar-refractivity contribution >= 4 is 34.2 Å². The molecule has 1 aliphatic heterocycles. The van der Waals surface area contributed by atoms with E-state index in [0.29, 0.717) is 18.5 Å². The van der Waals surface area contributed by atoms with E-state index < -0.39 is 0 Å². The highest BCUT2D eigenvalue weighted by Crippen LogP contribution is 2.35. The summed E-state index contributed by atoms with van der Waals surface area (Å²) in [5.41, 5.74) is 2.96. The summed E-state index contributed by atoms with van der Waals surface area (Å²) in [6.45, 7) is 0.654. The molecule has 4 unspecified atom stereocenters. The van der Waals surface area contributed by atoms with Gasteiger partial charge < -0.3 is 15.6 Å². The summed E-state index contributed by atoms with van der Waals surface area (Å²) in [5, 5.41) is 6.86. The van der Waals surface area contributed by atoms with E-state index in [4.69, 9.17) is 11.6 Å². The normalized spacial score (nSPS) is 30.7. The Hall–Kier alpha value is -1.75. The molecule has 1 aliphatic carbocycles. The van der Waals surface area contributed by atoms with Gasteiger partial charge in [-0.1, -0.05) is 0 Å². The maximum atomic E-state index is 12.3. The molecule has 1 aromatic heterocycles. The van der Waals surface area contributed by atoms with Crippen molar-refractivity contribution in [3.63, 3.8) is 0 Å². The standard InChI is InChI=1S/C17H21ClN4O/c18-12-1-3-14-10(6-12)5-11(17(23)22-14)8-19-13-2-4-15-16(7-13)21-9-20-15/h2,4,7,9-12,14,19H,1,3,5-6,8H2,(H,20,21)(H,22,23). The molecule has 4 atom stereocenters. The third kappa shape index (κ3) is 3.02. The molecule has 1 saturated carbocycles. The number of benzene rings is 1. The zero-order valence-electron chi connectivity index (χ0n) is 12.9. The topological polar surface area (TPSA) is 69.8 Å². The van der Waals surface area contributed by atoms with Gasteiger partial charge in [-0.25, -0.2) is 4.98 Å². The van der Waals surface area contributed by atoms with Gasteiger partial charge in [0.25, 0.3) is 0 Å². The van der Waals surface area contributed by atoms with Gasteiger partial charge in [0.15, 0.2) is 0 Å². The number of hydrogen-bond donors (Lipinski definition) is 3. The van der Waals surface area contributed by atoms with Crippen LogP contribution in [0, 0.1) is 11.8 Å². The first kappa shape index (κ1) is 14.8. The van der Waals surface area contributed by atoms with Gasteiger partial charge in [-0.05, 0) is 49.8 Å². The zero-order chi connectivity index (χ0) is 15.8. The average Bonchev–Trinajstić information content (AvgIpc) is 3.01. The number of aromatic nitrogens is 2. The molecule has 3 N–H and O–H groups in total. The maximum absolute atomic E-state index is 12.3. The number of alkyl halides is 1. The van der Waals surface area contributed by atoms with Crippen LogP contribution in [0.25, 0.3) is 11.0 Å². The second-order valence-corrected chi connectivity index (χ2v) is 7.35. The second kappa shape index (κ2) is 6.04. The highest BCUT2D eigenvalue weighted by Gasteiger charge is 2.38. The van der Waals surface area contributed by atoms with Crippen LogP contribution in [0.1, 0.15) is 25.7 Å². The number of hydrogen-bond acceptors (Lipinski definition) is 3. The fourth-order valence-electron chi connectivity index (χ4n) is 3.89. The summed E-state index contributed by atoms with van der Waals surface area (Å²) in [7, 11) is 0. The lowest BCUT2D eigenvalue weighted by atomic mass is 9.75. The Morgan fingerprint density at radius 1 is 1.30 bits per heavy atom. The molecule has 1 saturated heterocycles. The molecule has 0 spiro atoms. The Kier molecular flexibility index (Phi) is 3.89. The van der Waals surface area contributed by atoms with Crippen LogP contribution in [0.15, 0.2) is 24.5 Å². The number of imidazole rings is 1. The monoisotopic (exact) mass is 332 g/mol. The molecule has 2 aromatic rings. The SMILES string of the molecule is O=C1NC2CCC(Cl)CC2CC1CNc1ccc2nc[nH]c2c1. The summed E-state index contributed by atoms with van der Waals surface area (Å²) in [6.07, 6.45) is 5.66. The van der Waals surface area contributed by atoms with Crippen LogP contribution in [0.4, 0.5) is 5.69 Å². The third-order valence-electron chi connectivity index (χ3n) is 5.18. The number of nitrogens with one attached hydrogen (secondary N) is 3. The van der Waals surface area contributed by atoms with Crippen LogP contribution in [-0.4, -0.2) is 33.8 Å². The maximum Gasteiger partial charge on any atom is 0.225 e. The molecule has 2 fully saturated rings. The first-order chi connectivity index (χ1) is 11.2. The smallest absolute Gasteiger partial charge is 0.225 e. The fourth-order valence-corrected chi connectivity index (χ4v) is 4.25. The molecular formula is C17H21ClN4O. The van der Waals surface area contributed by atoms with Crippen molar-refractivity contribution in [3.8, 4) is 0 Å². The number of anilines is 1. The zero-order valence-corrected chi connectivity index (χ0v) is 13.6. The summed E-state index contributed by atoms with van der Waals surface area (Å²) in [6, 6.07) is 6.34. The first-order valence-corrected chi connectivity index (χ1v) is 8.74. The number of piperidine rings is 1. The highest BCUT2D eigenvalue weighted by molar-refractivity contribution is 6.20. The van der Waals surface area contributed by atoms with E-state index in [1.54, 1.807) is 6.33 Å². The van der Waals surface area contributed by atoms with Gasteiger partial charge in [0.2, 0.25) is 5.91 Å². The third-order valence-corrected chi connectivity index (χ3v) is 5.57. The van der Waals surface area contributed by atoms with Crippen LogP contribution in [0.2, 0.25) is 0 Å². The predicted molar refractivity (Wildman–Crippen MR) is 91.6 cm³/mol. The number of carbonyl (C=O) groups excluding carboxylic acids is 1. The Morgan fingerprint density at radius 3 is 3.13 bits per heavy atom. The van der Waals surface area contributed by atoms with E-state index in [0.717, 1.165) is 42.4 Å². The lowest BCUT2D eigenvalue weighted by molar-refractivity contribution is -0.129. The van der Waals surface area contributed by atoms with Crippen molar-refractivity contribution in [3.05, 3.63) is 24.5 Å². The molecule has 2 aliphatic rings. The minimum absolute atomic E-state index is 0.00989. The first-order valence-electron chi connectivity index (χ1n) is 8.30. The molecule has 0 bridgehead atoms. The van der Waals surface area contributed by atoms with E-state index in [1.165, 1.54) is 0 Å². The largest absolute Gasteiger partial charge is 0.384 e. The Bertz CT molecular complexity index is 715. The van der Waals surface area contributed by atoms with Crippen LogP contribution in [0.3, 0.4) is 0 Å². The van der Waals surface area contributed by atoms with Gasteiger partial charge in [0.05, 0.1) is 23.3 Å². The van der Waals surface area contributed by atoms with Crippen molar-refractivity contribution in [1.82, 2.24) is 15.3 Å². The molecule has 1 aromatic carbocycles. The molecule has 0 radical (unpaired) electrons. The molecule has 23 heavy (non-hydrogen) atoms.